The molecule has 0 atom stereocenters. The van der Waals surface area contributed by atoms with Crippen molar-refractivity contribution in [2.45, 2.75) is 6.92 Å². The van der Waals surface area contributed by atoms with Crippen LogP contribution < -0.4 is 4.74 Å². The minimum atomic E-state index is -0.582. The van der Waals surface area contributed by atoms with Crippen molar-refractivity contribution in [2.24, 2.45) is 0 Å². The summed E-state index contributed by atoms with van der Waals surface area (Å²) in [7, 11) is 1.25. The van der Waals surface area contributed by atoms with Crippen LogP contribution in [0.1, 0.15) is 16.1 Å². The smallest absolute Gasteiger partial charge is 0.358 e. The Morgan fingerprint density at radius 2 is 2.05 bits per heavy atom. The first-order chi connectivity index (χ1) is 9.10. The predicted octanol–water partition coefficient (Wildman–Crippen LogP) is 2.50. The molecule has 0 saturated heterocycles. The lowest BCUT2D eigenvalue weighted by Crippen LogP contribution is -2.05. The van der Waals surface area contributed by atoms with Crippen molar-refractivity contribution in [1.82, 2.24) is 9.97 Å². The lowest BCUT2D eigenvalue weighted by atomic mass is 10.2. The van der Waals surface area contributed by atoms with Crippen LogP contribution in [0.4, 0.5) is 4.39 Å². The van der Waals surface area contributed by atoms with Crippen LogP contribution in [-0.2, 0) is 4.74 Å². The molecule has 0 aliphatic carbocycles. The Morgan fingerprint density at radius 1 is 1.26 bits per heavy atom. The van der Waals surface area contributed by atoms with Crippen molar-refractivity contribution >= 4 is 5.97 Å². The quantitative estimate of drug-likeness (QED) is 0.795. The van der Waals surface area contributed by atoms with E-state index in [1.807, 2.05) is 0 Å². The molecule has 1 heterocycles. The highest BCUT2D eigenvalue weighted by Gasteiger charge is 2.09. The number of benzene rings is 1. The van der Waals surface area contributed by atoms with Gasteiger partial charge in [0.25, 0.3) is 0 Å². The number of methoxy groups -OCH3 is 1. The maximum absolute atomic E-state index is 13.1. The summed E-state index contributed by atoms with van der Waals surface area (Å²) in [6.07, 6.45) is 2.51. The number of halogens is 1. The van der Waals surface area contributed by atoms with Crippen molar-refractivity contribution in [3.8, 4) is 11.6 Å². The Kier molecular flexibility index (Phi) is 3.70. The van der Waals surface area contributed by atoms with Crippen LogP contribution in [0.2, 0.25) is 0 Å². The van der Waals surface area contributed by atoms with E-state index in [1.54, 1.807) is 13.0 Å². The van der Waals surface area contributed by atoms with E-state index in [9.17, 15) is 9.18 Å². The first-order valence-electron chi connectivity index (χ1n) is 5.44. The zero-order valence-electron chi connectivity index (χ0n) is 10.4. The Hall–Kier alpha value is -2.50. The Morgan fingerprint density at radius 3 is 2.68 bits per heavy atom. The zero-order valence-corrected chi connectivity index (χ0v) is 10.4. The van der Waals surface area contributed by atoms with Gasteiger partial charge in [0.05, 0.1) is 19.5 Å². The SMILES string of the molecule is COC(=O)c1cnc(Oc2cc(F)ccc2C)cn1. The summed E-state index contributed by atoms with van der Waals surface area (Å²) in [5, 5.41) is 0. The van der Waals surface area contributed by atoms with Crippen molar-refractivity contribution in [3.63, 3.8) is 0 Å². The third kappa shape index (κ3) is 3.04. The van der Waals surface area contributed by atoms with Crippen molar-refractivity contribution in [1.29, 1.82) is 0 Å². The van der Waals surface area contributed by atoms with Crippen molar-refractivity contribution in [2.75, 3.05) is 7.11 Å². The molecule has 2 rings (SSSR count). The summed E-state index contributed by atoms with van der Waals surface area (Å²) < 4.78 is 23.0. The normalized spacial score (nSPS) is 10.1. The summed E-state index contributed by atoms with van der Waals surface area (Å²) >= 11 is 0. The molecule has 0 spiro atoms. The maximum atomic E-state index is 13.1. The number of ether oxygens (including phenoxy) is 2. The molecule has 0 aliphatic heterocycles. The average Bonchev–Trinajstić information content (AvgIpc) is 2.43. The fourth-order valence-corrected chi connectivity index (χ4v) is 1.38. The Bertz CT molecular complexity index is 599. The molecule has 0 bridgehead atoms. The van der Waals surface area contributed by atoms with Crippen molar-refractivity contribution in [3.05, 3.63) is 47.7 Å². The summed E-state index contributed by atoms with van der Waals surface area (Å²) in [6, 6.07) is 4.19. The minimum absolute atomic E-state index is 0.0748. The molecule has 0 saturated carbocycles. The monoisotopic (exact) mass is 262 g/mol. The van der Waals surface area contributed by atoms with E-state index >= 15 is 0 Å². The minimum Gasteiger partial charge on any atom is -0.464 e. The summed E-state index contributed by atoms with van der Waals surface area (Å²) in [6.45, 7) is 1.78. The van der Waals surface area contributed by atoms with Crippen LogP contribution in [0.15, 0.2) is 30.6 Å². The molecule has 0 unspecified atom stereocenters. The molecular formula is C13H11FN2O3. The number of hydrogen-bond acceptors (Lipinski definition) is 5. The predicted molar refractivity (Wildman–Crippen MR) is 64.6 cm³/mol. The first kappa shape index (κ1) is 12.9. The molecule has 2 aromatic rings. The standard InChI is InChI=1S/C13H11FN2O3/c1-8-3-4-9(14)5-11(8)19-12-7-15-10(6-16-12)13(17)18-2/h3-7H,1-2H3. The van der Waals surface area contributed by atoms with E-state index < -0.39 is 11.8 Å². The van der Waals surface area contributed by atoms with Gasteiger partial charge in [0, 0.05) is 6.07 Å². The highest BCUT2D eigenvalue weighted by Crippen LogP contribution is 2.23. The molecule has 0 aliphatic rings. The fourth-order valence-electron chi connectivity index (χ4n) is 1.38. The van der Waals surface area contributed by atoms with E-state index in [2.05, 4.69) is 14.7 Å². The van der Waals surface area contributed by atoms with Gasteiger partial charge >= 0.3 is 5.97 Å². The second-order valence-electron chi connectivity index (χ2n) is 3.74. The van der Waals surface area contributed by atoms with Crippen molar-refractivity contribution < 1.29 is 18.7 Å². The van der Waals surface area contributed by atoms with E-state index in [0.29, 0.717) is 5.75 Å². The number of esters is 1. The van der Waals surface area contributed by atoms with Gasteiger partial charge < -0.3 is 9.47 Å². The van der Waals surface area contributed by atoms with Gasteiger partial charge in [-0.3, -0.25) is 0 Å². The van der Waals surface area contributed by atoms with Crippen LogP contribution in [-0.4, -0.2) is 23.0 Å². The van der Waals surface area contributed by atoms with Gasteiger partial charge in [-0.25, -0.2) is 19.2 Å². The molecule has 0 fully saturated rings. The van der Waals surface area contributed by atoms with Crippen LogP contribution in [0.3, 0.4) is 0 Å². The number of hydrogen-bond donors (Lipinski definition) is 0. The third-order valence-electron chi connectivity index (χ3n) is 2.39. The van der Waals surface area contributed by atoms with Gasteiger partial charge in [0.15, 0.2) is 5.69 Å². The second kappa shape index (κ2) is 5.43. The topological polar surface area (TPSA) is 61.3 Å². The second-order valence-corrected chi connectivity index (χ2v) is 3.74. The lowest BCUT2D eigenvalue weighted by molar-refractivity contribution is 0.0593. The van der Waals surface area contributed by atoms with Gasteiger partial charge in [-0.1, -0.05) is 6.07 Å². The third-order valence-corrected chi connectivity index (χ3v) is 2.39. The molecular weight excluding hydrogens is 251 g/mol. The van der Waals surface area contributed by atoms with E-state index in [0.717, 1.165) is 5.56 Å². The highest BCUT2D eigenvalue weighted by molar-refractivity contribution is 5.86. The summed E-state index contributed by atoms with van der Waals surface area (Å²) in [5.74, 6) is -0.470. The number of carbonyl (C=O) groups excluding carboxylic acids is 1. The molecule has 0 N–H and O–H groups in total. The van der Waals surface area contributed by atoms with Gasteiger partial charge in [-0.15, -0.1) is 0 Å². The lowest BCUT2D eigenvalue weighted by Gasteiger charge is -2.07. The van der Waals surface area contributed by atoms with Crippen LogP contribution in [0.25, 0.3) is 0 Å². The van der Waals surface area contributed by atoms with Gasteiger partial charge in [0.2, 0.25) is 5.88 Å². The largest absolute Gasteiger partial charge is 0.464 e. The average molecular weight is 262 g/mol. The molecule has 0 radical (unpaired) electrons. The van der Waals surface area contributed by atoms with Gasteiger partial charge in [-0.2, -0.15) is 0 Å². The van der Waals surface area contributed by atoms with Crippen LogP contribution in [0, 0.1) is 12.7 Å². The molecule has 1 aromatic carbocycles. The van der Waals surface area contributed by atoms with Crippen LogP contribution >= 0.6 is 0 Å². The van der Waals surface area contributed by atoms with E-state index in [-0.39, 0.29) is 11.6 Å². The van der Waals surface area contributed by atoms with Gasteiger partial charge in [0.1, 0.15) is 11.6 Å². The number of nitrogens with zero attached hydrogens (tertiary/aromatic N) is 2. The van der Waals surface area contributed by atoms with Gasteiger partial charge in [-0.05, 0) is 18.6 Å². The maximum Gasteiger partial charge on any atom is 0.358 e. The highest BCUT2D eigenvalue weighted by atomic mass is 19.1. The summed E-state index contributed by atoms with van der Waals surface area (Å²) in [4.78, 5) is 18.9. The fraction of sp³-hybridized carbons (Fsp3) is 0.154. The zero-order chi connectivity index (χ0) is 13.8. The number of aryl methyl sites for hydroxylation is 1. The number of rotatable bonds is 3. The molecule has 0 amide bonds. The van der Waals surface area contributed by atoms with Crippen LogP contribution in [0.5, 0.6) is 11.6 Å². The number of aromatic nitrogens is 2. The van der Waals surface area contributed by atoms with E-state index in [1.165, 1.54) is 31.6 Å². The molecule has 19 heavy (non-hydrogen) atoms. The number of carbonyl (C=O) groups is 1. The molecule has 5 nitrogen and oxygen atoms in total. The molecule has 6 heteroatoms. The summed E-state index contributed by atoms with van der Waals surface area (Å²) in [5.41, 5.74) is 0.839. The van der Waals surface area contributed by atoms with E-state index in [4.69, 9.17) is 4.74 Å². The molecule has 1 aromatic heterocycles. The Balaban J connectivity index is 2.19. The first-order valence-corrected chi connectivity index (χ1v) is 5.44. The molecule has 98 valence electrons. The Labute approximate surface area is 109 Å².